The van der Waals surface area contributed by atoms with Crippen LogP contribution >= 0.6 is 0 Å². The van der Waals surface area contributed by atoms with Crippen LogP contribution in [-0.2, 0) is 4.79 Å². The molecule has 18 heavy (non-hydrogen) atoms. The van der Waals surface area contributed by atoms with Crippen LogP contribution in [0, 0.1) is 0 Å². The lowest BCUT2D eigenvalue weighted by Gasteiger charge is -2.09. The Labute approximate surface area is 106 Å². The quantitative estimate of drug-likeness (QED) is 0.723. The monoisotopic (exact) mass is 251 g/mol. The average Bonchev–Trinajstić information content (AvgIpc) is 2.37. The maximum Gasteiger partial charge on any atom is 0.339 e. The number of carbonyl (C=O) groups is 2. The maximum absolute atomic E-state index is 11.4. The number of nitrogens with one attached hydrogen (secondary N) is 1. The van der Waals surface area contributed by atoms with Crippen molar-refractivity contribution in [2.24, 2.45) is 0 Å². The first kappa shape index (κ1) is 14.0. The molecule has 1 amide bonds. The Morgan fingerprint density at radius 2 is 2.06 bits per heavy atom. The van der Waals surface area contributed by atoms with E-state index in [-0.39, 0.29) is 23.8 Å². The summed E-state index contributed by atoms with van der Waals surface area (Å²) in [5, 5.41) is 11.6. The minimum absolute atomic E-state index is 0.0545. The van der Waals surface area contributed by atoms with E-state index in [1.165, 1.54) is 12.1 Å². The van der Waals surface area contributed by atoms with Crippen LogP contribution in [0.4, 0.5) is 0 Å². The molecule has 0 aromatic heterocycles. The second-order valence-electron chi connectivity index (χ2n) is 3.79. The van der Waals surface area contributed by atoms with Gasteiger partial charge in [-0.15, -0.1) is 0 Å². The summed E-state index contributed by atoms with van der Waals surface area (Å²) < 4.78 is 5.20. The molecule has 1 aromatic carbocycles. The fraction of sp³-hybridized carbons (Fsp3) is 0.385. The van der Waals surface area contributed by atoms with E-state index >= 15 is 0 Å². The molecule has 0 aliphatic heterocycles. The van der Waals surface area contributed by atoms with Gasteiger partial charge in [0.25, 0.3) is 5.91 Å². The molecular weight excluding hydrogens is 234 g/mol. The number of unbranched alkanes of at least 4 members (excludes halogenated alkanes) is 1. The van der Waals surface area contributed by atoms with Gasteiger partial charge in [-0.1, -0.05) is 25.5 Å². The summed E-state index contributed by atoms with van der Waals surface area (Å²) in [6, 6.07) is 6.24. The lowest BCUT2D eigenvalue weighted by molar-refractivity contribution is -0.123. The van der Waals surface area contributed by atoms with Crippen LogP contribution in [0.15, 0.2) is 24.3 Å². The average molecular weight is 251 g/mol. The van der Waals surface area contributed by atoms with Gasteiger partial charge >= 0.3 is 5.97 Å². The highest BCUT2D eigenvalue weighted by Gasteiger charge is 2.11. The van der Waals surface area contributed by atoms with Crippen molar-refractivity contribution in [1.82, 2.24) is 5.32 Å². The van der Waals surface area contributed by atoms with Gasteiger partial charge in [-0.05, 0) is 18.6 Å². The molecule has 0 spiro atoms. The van der Waals surface area contributed by atoms with E-state index < -0.39 is 5.97 Å². The number of carbonyl (C=O) groups excluding carboxylic acids is 1. The fourth-order valence-corrected chi connectivity index (χ4v) is 1.37. The number of aromatic carboxylic acids is 1. The van der Waals surface area contributed by atoms with Crippen LogP contribution in [0.2, 0.25) is 0 Å². The van der Waals surface area contributed by atoms with Gasteiger partial charge in [-0.25, -0.2) is 4.79 Å². The summed E-state index contributed by atoms with van der Waals surface area (Å²) >= 11 is 0. The molecule has 98 valence electrons. The molecule has 1 aromatic rings. The standard InChI is InChI=1S/C13H17NO4/c1-2-3-8-14-12(15)9-18-11-7-5-4-6-10(11)13(16)17/h4-7H,2-3,8-9H2,1H3,(H,14,15)(H,16,17). The molecule has 5 heteroatoms. The van der Waals surface area contributed by atoms with E-state index in [0.717, 1.165) is 12.8 Å². The molecule has 0 unspecified atom stereocenters. The lowest BCUT2D eigenvalue weighted by Crippen LogP contribution is -2.29. The van der Waals surface area contributed by atoms with E-state index in [1.54, 1.807) is 12.1 Å². The molecule has 0 atom stereocenters. The molecule has 2 N–H and O–H groups in total. The number of hydrogen-bond acceptors (Lipinski definition) is 3. The van der Waals surface area contributed by atoms with Crippen molar-refractivity contribution in [3.05, 3.63) is 29.8 Å². The van der Waals surface area contributed by atoms with Crippen LogP contribution in [0.25, 0.3) is 0 Å². The predicted octanol–water partition coefficient (Wildman–Crippen LogP) is 1.68. The molecule has 0 bridgehead atoms. The number of rotatable bonds is 7. The third-order valence-corrected chi connectivity index (χ3v) is 2.33. The second-order valence-corrected chi connectivity index (χ2v) is 3.79. The summed E-state index contributed by atoms with van der Waals surface area (Å²) in [5.41, 5.74) is 0.0545. The normalized spacial score (nSPS) is 9.83. The van der Waals surface area contributed by atoms with E-state index in [9.17, 15) is 9.59 Å². The van der Waals surface area contributed by atoms with Crippen molar-refractivity contribution in [3.63, 3.8) is 0 Å². The molecular formula is C13H17NO4. The van der Waals surface area contributed by atoms with Crippen LogP contribution in [0.3, 0.4) is 0 Å². The Morgan fingerprint density at radius 1 is 1.33 bits per heavy atom. The Hall–Kier alpha value is -2.04. The largest absolute Gasteiger partial charge is 0.483 e. The molecule has 1 rings (SSSR count). The third-order valence-electron chi connectivity index (χ3n) is 2.33. The summed E-state index contributed by atoms with van der Waals surface area (Å²) in [6.45, 7) is 2.47. The fourth-order valence-electron chi connectivity index (χ4n) is 1.37. The van der Waals surface area contributed by atoms with Gasteiger partial charge < -0.3 is 15.2 Å². The van der Waals surface area contributed by atoms with Crippen LogP contribution in [-0.4, -0.2) is 30.1 Å². The summed E-state index contributed by atoms with van der Waals surface area (Å²) in [7, 11) is 0. The van der Waals surface area contributed by atoms with Crippen LogP contribution < -0.4 is 10.1 Å². The van der Waals surface area contributed by atoms with Crippen LogP contribution in [0.1, 0.15) is 30.1 Å². The first-order valence-corrected chi connectivity index (χ1v) is 5.87. The van der Waals surface area contributed by atoms with E-state index in [1.807, 2.05) is 6.92 Å². The minimum Gasteiger partial charge on any atom is -0.483 e. The highest BCUT2D eigenvalue weighted by Crippen LogP contribution is 2.17. The zero-order valence-corrected chi connectivity index (χ0v) is 10.3. The number of hydrogen-bond donors (Lipinski definition) is 2. The van der Waals surface area contributed by atoms with Gasteiger partial charge in [0.05, 0.1) is 0 Å². The van der Waals surface area contributed by atoms with Gasteiger partial charge in [0.2, 0.25) is 0 Å². The molecule has 0 saturated carbocycles. The third kappa shape index (κ3) is 4.45. The number of ether oxygens (including phenoxy) is 1. The van der Waals surface area contributed by atoms with Crippen molar-refractivity contribution >= 4 is 11.9 Å². The molecule has 0 radical (unpaired) electrons. The van der Waals surface area contributed by atoms with Gasteiger partial charge in [-0.3, -0.25) is 4.79 Å². The summed E-state index contributed by atoms with van der Waals surface area (Å²) in [6.07, 6.45) is 1.92. The zero-order chi connectivity index (χ0) is 13.4. The second kappa shape index (κ2) is 7.32. The number of carboxylic acids is 1. The topological polar surface area (TPSA) is 75.6 Å². The van der Waals surface area contributed by atoms with Crippen molar-refractivity contribution in [2.45, 2.75) is 19.8 Å². The van der Waals surface area contributed by atoms with Gasteiger partial charge in [0, 0.05) is 6.54 Å². The van der Waals surface area contributed by atoms with Gasteiger partial charge in [-0.2, -0.15) is 0 Å². The first-order valence-electron chi connectivity index (χ1n) is 5.87. The maximum atomic E-state index is 11.4. The number of carboxylic acid groups (broad SMARTS) is 1. The molecule has 0 aliphatic rings. The summed E-state index contributed by atoms with van der Waals surface area (Å²) in [5.74, 6) is -1.11. The summed E-state index contributed by atoms with van der Waals surface area (Å²) in [4.78, 5) is 22.3. The molecule has 0 heterocycles. The molecule has 0 aliphatic carbocycles. The van der Waals surface area contributed by atoms with E-state index in [2.05, 4.69) is 5.32 Å². The SMILES string of the molecule is CCCCNC(=O)COc1ccccc1C(=O)O. The Kier molecular flexibility index (Phi) is 5.70. The lowest BCUT2D eigenvalue weighted by atomic mass is 10.2. The zero-order valence-electron chi connectivity index (χ0n) is 10.3. The van der Waals surface area contributed by atoms with Crippen molar-refractivity contribution in [1.29, 1.82) is 0 Å². The van der Waals surface area contributed by atoms with Crippen molar-refractivity contribution in [3.8, 4) is 5.75 Å². The molecule has 5 nitrogen and oxygen atoms in total. The van der Waals surface area contributed by atoms with Gasteiger partial charge in [0.1, 0.15) is 11.3 Å². The first-order chi connectivity index (χ1) is 8.65. The van der Waals surface area contributed by atoms with E-state index in [0.29, 0.717) is 6.54 Å². The highest BCUT2D eigenvalue weighted by molar-refractivity contribution is 5.91. The number of amides is 1. The molecule has 0 saturated heterocycles. The smallest absolute Gasteiger partial charge is 0.339 e. The Morgan fingerprint density at radius 3 is 2.72 bits per heavy atom. The number of para-hydroxylation sites is 1. The Balaban J connectivity index is 2.48. The van der Waals surface area contributed by atoms with Gasteiger partial charge in [0.15, 0.2) is 6.61 Å². The highest BCUT2D eigenvalue weighted by atomic mass is 16.5. The molecule has 0 fully saturated rings. The number of benzene rings is 1. The predicted molar refractivity (Wildman–Crippen MR) is 66.8 cm³/mol. The Bertz CT molecular complexity index is 417. The minimum atomic E-state index is -1.07. The van der Waals surface area contributed by atoms with E-state index in [4.69, 9.17) is 9.84 Å². The van der Waals surface area contributed by atoms with Crippen molar-refractivity contribution in [2.75, 3.05) is 13.2 Å². The van der Waals surface area contributed by atoms with Crippen molar-refractivity contribution < 1.29 is 19.4 Å². The van der Waals surface area contributed by atoms with Crippen LogP contribution in [0.5, 0.6) is 5.75 Å².